The molecule has 1 atom stereocenters. The lowest BCUT2D eigenvalue weighted by atomic mass is 10.0. The molecule has 134 valence electrons. The van der Waals surface area contributed by atoms with Crippen LogP contribution >= 0.6 is 0 Å². The van der Waals surface area contributed by atoms with Crippen LogP contribution in [0.4, 0.5) is 0 Å². The molecule has 0 amide bonds. The zero-order valence-corrected chi connectivity index (χ0v) is 15.0. The summed E-state index contributed by atoms with van der Waals surface area (Å²) < 4.78 is 27.3. The van der Waals surface area contributed by atoms with Crippen LogP contribution in [-0.4, -0.2) is 35.9 Å². The van der Waals surface area contributed by atoms with Crippen LogP contribution < -0.4 is 0 Å². The zero-order valence-electron chi connectivity index (χ0n) is 14.2. The number of rotatable bonds is 4. The SMILES string of the molecule is Cc1ccc(S(=O)(=O)n2ccc3c(C4=NOC(CO)C4)cccc32)cc1. The molecule has 1 N–H and O–H groups in total. The van der Waals surface area contributed by atoms with Gasteiger partial charge < -0.3 is 9.94 Å². The van der Waals surface area contributed by atoms with Gasteiger partial charge >= 0.3 is 0 Å². The molecule has 4 rings (SSSR count). The molecule has 0 aliphatic carbocycles. The van der Waals surface area contributed by atoms with Crippen LogP contribution in [0, 0.1) is 6.92 Å². The molecule has 26 heavy (non-hydrogen) atoms. The molecule has 0 saturated carbocycles. The van der Waals surface area contributed by atoms with Crippen LogP contribution in [0.2, 0.25) is 0 Å². The molecule has 6 nitrogen and oxygen atoms in total. The highest BCUT2D eigenvalue weighted by Gasteiger charge is 2.25. The van der Waals surface area contributed by atoms with E-state index in [9.17, 15) is 13.5 Å². The molecule has 1 aliphatic rings. The van der Waals surface area contributed by atoms with Gasteiger partial charge in [0.2, 0.25) is 0 Å². The monoisotopic (exact) mass is 370 g/mol. The molecule has 1 unspecified atom stereocenters. The maximum atomic E-state index is 13.0. The molecule has 0 radical (unpaired) electrons. The van der Waals surface area contributed by atoms with Gasteiger partial charge in [-0.05, 0) is 31.2 Å². The third-order valence-corrected chi connectivity index (χ3v) is 6.23. The number of hydrogen-bond donors (Lipinski definition) is 1. The molecular weight excluding hydrogens is 352 g/mol. The summed E-state index contributed by atoms with van der Waals surface area (Å²) >= 11 is 0. The first kappa shape index (κ1) is 16.8. The molecule has 0 saturated heterocycles. The molecule has 1 aliphatic heterocycles. The largest absolute Gasteiger partial charge is 0.392 e. The molecule has 0 fully saturated rings. The van der Waals surface area contributed by atoms with E-state index >= 15 is 0 Å². The lowest BCUT2D eigenvalue weighted by Crippen LogP contribution is -2.13. The van der Waals surface area contributed by atoms with Crippen molar-refractivity contribution in [2.24, 2.45) is 5.16 Å². The van der Waals surface area contributed by atoms with E-state index in [0.717, 1.165) is 16.5 Å². The van der Waals surface area contributed by atoms with Gasteiger partial charge in [0.05, 0.1) is 22.7 Å². The first-order valence-electron chi connectivity index (χ1n) is 8.27. The normalized spacial score (nSPS) is 17.3. The van der Waals surface area contributed by atoms with E-state index in [4.69, 9.17) is 4.84 Å². The number of nitrogens with zero attached hydrogens (tertiary/aromatic N) is 2. The Morgan fingerprint density at radius 2 is 1.96 bits per heavy atom. The van der Waals surface area contributed by atoms with E-state index in [-0.39, 0.29) is 17.6 Å². The second-order valence-electron chi connectivity index (χ2n) is 6.32. The van der Waals surface area contributed by atoms with Crippen molar-refractivity contribution in [2.45, 2.75) is 24.3 Å². The Bertz CT molecular complexity index is 1100. The minimum absolute atomic E-state index is 0.105. The quantitative estimate of drug-likeness (QED) is 0.766. The van der Waals surface area contributed by atoms with Crippen molar-refractivity contribution in [2.75, 3.05) is 6.61 Å². The van der Waals surface area contributed by atoms with Crippen molar-refractivity contribution in [1.29, 1.82) is 0 Å². The van der Waals surface area contributed by atoms with Gasteiger partial charge in [0.25, 0.3) is 10.0 Å². The summed E-state index contributed by atoms with van der Waals surface area (Å²) in [6, 6.07) is 14.0. The lowest BCUT2D eigenvalue weighted by Gasteiger charge is -2.09. The molecule has 0 bridgehead atoms. The molecule has 0 spiro atoms. The fourth-order valence-electron chi connectivity index (χ4n) is 3.11. The Hall–Kier alpha value is -2.64. The van der Waals surface area contributed by atoms with Gasteiger partial charge in [-0.2, -0.15) is 0 Å². The first-order chi connectivity index (χ1) is 12.5. The zero-order chi connectivity index (χ0) is 18.3. The highest BCUT2D eigenvalue weighted by atomic mass is 32.2. The molecule has 3 aromatic rings. The molecule has 1 aromatic heterocycles. The van der Waals surface area contributed by atoms with E-state index < -0.39 is 10.0 Å². The van der Waals surface area contributed by atoms with E-state index in [1.54, 1.807) is 48.7 Å². The maximum absolute atomic E-state index is 13.0. The van der Waals surface area contributed by atoms with Crippen molar-refractivity contribution in [1.82, 2.24) is 3.97 Å². The Kier molecular flexibility index (Phi) is 4.05. The predicted octanol–water partition coefficient (Wildman–Crippen LogP) is 2.67. The number of aryl methyl sites for hydroxylation is 1. The Morgan fingerprint density at radius 3 is 2.65 bits per heavy atom. The topological polar surface area (TPSA) is 80.9 Å². The fourth-order valence-corrected chi connectivity index (χ4v) is 4.46. The highest BCUT2D eigenvalue weighted by molar-refractivity contribution is 7.90. The number of aromatic nitrogens is 1. The van der Waals surface area contributed by atoms with Crippen molar-refractivity contribution >= 4 is 26.6 Å². The van der Waals surface area contributed by atoms with E-state index in [1.165, 1.54) is 3.97 Å². The predicted molar refractivity (Wildman–Crippen MR) is 98.8 cm³/mol. The van der Waals surface area contributed by atoms with E-state index in [0.29, 0.717) is 17.6 Å². The lowest BCUT2D eigenvalue weighted by molar-refractivity contribution is 0.0390. The van der Waals surface area contributed by atoms with Crippen molar-refractivity contribution in [3.63, 3.8) is 0 Å². The number of fused-ring (bicyclic) bond motifs is 1. The van der Waals surface area contributed by atoms with Crippen LogP contribution in [-0.2, 0) is 14.9 Å². The van der Waals surface area contributed by atoms with Gasteiger partial charge in [-0.1, -0.05) is 35.0 Å². The summed E-state index contributed by atoms with van der Waals surface area (Å²) in [7, 11) is -3.69. The van der Waals surface area contributed by atoms with Crippen molar-refractivity contribution < 1.29 is 18.4 Å². The van der Waals surface area contributed by atoms with Gasteiger partial charge in [0.1, 0.15) is 0 Å². The summed E-state index contributed by atoms with van der Waals surface area (Å²) in [5, 5.41) is 14.0. The number of hydrogen-bond acceptors (Lipinski definition) is 5. The van der Waals surface area contributed by atoms with Crippen molar-refractivity contribution in [3.8, 4) is 0 Å². The second kappa shape index (κ2) is 6.26. The van der Waals surface area contributed by atoms with Crippen LogP contribution in [0.3, 0.4) is 0 Å². The minimum Gasteiger partial charge on any atom is -0.392 e. The van der Waals surface area contributed by atoms with E-state index in [1.807, 2.05) is 13.0 Å². The molecule has 7 heteroatoms. The minimum atomic E-state index is -3.69. The fraction of sp³-hybridized carbons (Fsp3) is 0.211. The van der Waals surface area contributed by atoms with Gasteiger partial charge in [0.15, 0.2) is 6.10 Å². The summed E-state index contributed by atoms with van der Waals surface area (Å²) in [6.45, 7) is 1.81. The number of aliphatic hydroxyl groups excluding tert-OH is 1. The van der Waals surface area contributed by atoms with Crippen LogP contribution in [0.5, 0.6) is 0 Å². The number of aliphatic hydroxyl groups is 1. The summed E-state index contributed by atoms with van der Waals surface area (Å²) in [5.74, 6) is 0. The van der Waals surface area contributed by atoms with Crippen LogP contribution in [0.1, 0.15) is 17.5 Å². The summed E-state index contributed by atoms with van der Waals surface area (Å²) in [5.41, 5.74) is 3.11. The van der Waals surface area contributed by atoms with Gasteiger partial charge in [-0.15, -0.1) is 0 Å². The van der Waals surface area contributed by atoms with Gasteiger partial charge in [0, 0.05) is 23.6 Å². The Labute approximate surface area is 151 Å². The molecule has 2 aromatic carbocycles. The summed E-state index contributed by atoms with van der Waals surface area (Å²) in [4.78, 5) is 5.43. The smallest absolute Gasteiger partial charge is 0.268 e. The van der Waals surface area contributed by atoms with Crippen LogP contribution in [0.15, 0.2) is 64.8 Å². The van der Waals surface area contributed by atoms with Gasteiger partial charge in [-0.3, -0.25) is 0 Å². The highest BCUT2D eigenvalue weighted by Crippen LogP contribution is 2.28. The second-order valence-corrected chi connectivity index (χ2v) is 8.14. The van der Waals surface area contributed by atoms with Gasteiger partial charge in [-0.25, -0.2) is 12.4 Å². The average molecular weight is 370 g/mol. The molecule has 2 heterocycles. The Morgan fingerprint density at radius 1 is 1.19 bits per heavy atom. The summed E-state index contributed by atoms with van der Waals surface area (Å²) in [6.07, 6.45) is 1.70. The first-order valence-corrected chi connectivity index (χ1v) is 9.71. The number of benzene rings is 2. The molecular formula is C19H18N2O4S. The third-order valence-electron chi connectivity index (χ3n) is 4.52. The van der Waals surface area contributed by atoms with Crippen LogP contribution in [0.25, 0.3) is 10.9 Å². The van der Waals surface area contributed by atoms with Crippen molar-refractivity contribution in [3.05, 3.63) is 65.9 Å². The maximum Gasteiger partial charge on any atom is 0.268 e. The third kappa shape index (κ3) is 2.69. The number of oxime groups is 1. The van der Waals surface area contributed by atoms with E-state index in [2.05, 4.69) is 5.16 Å². The Balaban J connectivity index is 1.81. The average Bonchev–Trinajstić information content (AvgIpc) is 3.29. The standard InChI is InChI=1S/C19H18N2O4S/c1-13-5-7-15(8-6-13)26(23,24)21-10-9-17-16(3-2-4-19(17)21)18-11-14(12-22)25-20-18/h2-10,14,22H,11-12H2,1H3.